The summed E-state index contributed by atoms with van der Waals surface area (Å²) in [5.74, 6) is -0.739. The quantitative estimate of drug-likeness (QED) is 0.448. The molecule has 0 aliphatic heterocycles. The highest BCUT2D eigenvalue weighted by atomic mass is 32.2. The van der Waals surface area contributed by atoms with Crippen LogP contribution in [0.5, 0.6) is 0 Å². The Bertz CT molecular complexity index is 1300. The molecule has 4 aromatic rings. The fourth-order valence-corrected chi connectivity index (χ4v) is 4.48. The number of anilines is 2. The number of aromatic nitrogens is 1. The summed E-state index contributed by atoms with van der Waals surface area (Å²) in [5.41, 5.74) is 2.72. The van der Waals surface area contributed by atoms with Gasteiger partial charge < -0.3 is 9.73 Å². The number of benzene rings is 3. The standard InChI is InChI=1S/C23H19FN2O3S/c1-15-12-16(2)14-17(13-15)25-22-23(30(27,28)18-8-4-3-5-9-18)26-21(29-22)19-10-6-7-11-20(19)24/h3-14,25H,1-2H3. The lowest BCUT2D eigenvalue weighted by atomic mass is 10.1. The van der Waals surface area contributed by atoms with Gasteiger partial charge in [-0.3, -0.25) is 0 Å². The molecule has 0 fully saturated rings. The first-order valence-corrected chi connectivity index (χ1v) is 10.7. The highest BCUT2D eigenvalue weighted by Gasteiger charge is 2.29. The SMILES string of the molecule is Cc1cc(C)cc(Nc2oc(-c3ccccc3F)nc2S(=O)(=O)c2ccccc2)c1. The van der Waals surface area contributed by atoms with Crippen molar-refractivity contribution in [3.05, 3.63) is 89.7 Å². The number of halogens is 1. The summed E-state index contributed by atoms with van der Waals surface area (Å²) < 4.78 is 46.5. The smallest absolute Gasteiger partial charge is 0.238 e. The van der Waals surface area contributed by atoms with Crippen LogP contribution in [0.1, 0.15) is 11.1 Å². The van der Waals surface area contributed by atoms with Crippen LogP contribution in [0.3, 0.4) is 0 Å². The minimum Gasteiger partial charge on any atom is -0.419 e. The van der Waals surface area contributed by atoms with Crippen LogP contribution in [0.2, 0.25) is 0 Å². The second-order valence-electron chi connectivity index (χ2n) is 6.95. The van der Waals surface area contributed by atoms with Crippen LogP contribution in [0.25, 0.3) is 11.5 Å². The first-order chi connectivity index (χ1) is 14.3. The Balaban J connectivity index is 1.88. The van der Waals surface area contributed by atoms with Gasteiger partial charge in [-0.2, -0.15) is 4.98 Å². The van der Waals surface area contributed by atoms with Crippen molar-refractivity contribution in [2.24, 2.45) is 0 Å². The Morgan fingerprint density at radius 1 is 0.900 bits per heavy atom. The fourth-order valence-electron chi connectivity index (χ4n) is 3.21. The van der Waals surface area contributed by atoms with Crippen molar-refractivity contribution in [1.29, 1.82) is 0 Å². The first-order valence-electron chi connectivity index (χ1n) is 9.26. The van der Waals surface area contributed by atoms with E-state index in [0.717, 1.165) is 11.1 Å². The monoisotopic (exact) mass is 422 g/mol. The number of nitrogens with one attached hydrogen (secondary N) is 1. The molecule has 30 heavy (non-hydrogen) atoms. The fraction of sp³-hybridized carbons (Fsp3) is 0.0870. The third-order valence-corrected chi connectivity index (χ3v) is 6.17. The summed E-state index contributed by atoms with van der Waals surface area (Å²) in [5, 5.41) is 2.71. The molecule has 4 rings (SSSR count). The molecule has 1 aromatic heterocycles. The molecule has 1 N–H and O–H groups in total. The predicted octanol–water partition coefficient (Wildman–Crippen LogP) is 5.67. The first kappa shape index (κ1) is 19.8. The molecule has 0 saturated heterocycles. The summed E-state index contributed by atoms with van der Waals surface area (Å²) in [6.07, 6.45) is 0. The van der Waals surface area contributed by atoms with E-state index in [-0.39, 0.29) is 27.3 Å². The summed E-state index contributed by atoms with van der Waals surface area (Å²) in [6, 6.07) is 19.6. The zero-order chi connectivity index (χ0) is 21.3. The van der Waals surface area contributed by atoms with E-state index in [1.807, 2.05) is 32.0 Å². The van der Waals surface area contributed by atoms with Gasteiger partial charge in [0.2, 0.25) is 26.6 Å². The molecule has 0 aliphatic carbocycles. The molecule has 1 heterocycles. The zero-order valence-electron chi connectivity index (χ0n) is 16.4. The lowest BCUT2D eigenvalue weighted by Gasteiger charge is -2.08. The van der Waals surface area contributed by atoms with Crippen LogP contribution < -0.4 is 5.32 Å². The van der Waals surface area contributed by atoms with Crippen LogP contribution in [-0.4, -0.2) is 13.4 Å². The minimum absolute atomic E-state index is 0.0675. The molecule has 3 aromatic carbocycles. The second kappa shape index (κ2) is 7.76. The van der Waals surface area contributed by atoms with E-state index in [2.05, 4.69) is 10.3 Å². The van der Waals surface area contributed by atoms with Crippen LogP contribution in [0.15, 0.2) is 87.1 Å². The minimum atomic E-state index is -4.00. The molecule has 0 aliphatic rings. The van der Waals surface area contributed by atoms with Gasteiger partial charge in [0.15, 0.2) is 0 Å². The molecule has 5 nitrogen and oxygen atoms in total. The number of aryl methyl sites for hydroxylation is 2. The molecule has 0 unspecified atom stereocenters. The second-order valence-corrected chi connectivity index (χ2v) is 8.82. The number of oxazole rings is 1. The average molecular weight is 422 g/mol. The van der Waals surface area contributed by atoms with Gasteiger partial charge in [0, 0.05) is 5.69 Å². The van der Waals surface area contributed by atoms with Crippen molar-refractivity contribution in [2.45, 2.75) is 23.8 Å². The number of rotatable bonds is 5. The highest BCUT2D eigenvalue weighted by molar-refractivity contribution is 7.91. The van der Waals surface area contributed by atoms with E-state index < -0.39 is 15.7 Å². The van der Waals surface area contributed by atoms with E-state index in [1.54, 1.807) is 24.3 Å². The van der Waals surface area contributed by atoms with E-state index in [9.17, 15) is 12.8 Å². The molecule has 0 atom stereocenters. The van der Waals surface area contributed by atoms with Crippen molar-refractivity contribution in [3.8, 4) is 11.5 Å². The van der Waals surface area contributed by atoms with E-state index in [4.69, 9.17) is 4.42 Å². The molecule has 0 bridgehead atoms. The third kappa shape index (κ3) is 3.84. The zero-order valence-corrected chi connectivity index (χ0v) is 17.2. The van der Waals surface area contributed by atoms with Crippen molar-refractivity contribution < 1.29 is 17.2 Å². The van der Waals surface area contributed by atoms with Crippen molar-refractivity contribution in [1.82, 2.24) is 4.98 Å². The summed E-state index contributed by atoms with van der Waals surface area (Å²) in [4.78, 5) is 4.24. The number of hydrogen-bond acceptors (Lipinski definition) is 5. The van der Waals surface area contributed by atoms with Crippen molar-refractivity contribution >= 4 is 21.4 Å². The Hall–Kier alpha value is -3.45. The normalized spacial score (nSPS) is 11.4. The lowest BCUT2D eigenvalue weighted by molar-refractivity contribution is 0.572. The van der Waals surface area contributed by atoms with Gasteiger partial charge in [0.1, 0.15) is 5.82 Å². The number of nitrogens with zero attached hydrogens (tertiary/aromatic N) is 1. The Kier molecular flexibility index (Phi) is 5.13. The maximum absolute atomic E-state index is 14.3. The van der Waals surface area contributed by atoms with Gasteiger partial charge >= 0.3 is 0 Å². The maximum atomic E-state index is 14.3. The molecular weight excluding hydrogens is 403 g/mol. The molecular formula is C23H19FN2O3S. The van der Waals surface area contributed by atoms with Crippen LogP contribution in [0.4, 0.5) is 16.0 Å². The Morgan fingerprint density at radius 2 is 1.53 bits per heavy atom. The predicted molar refractivity (Wildman–Crippen MR) is 113 cm³/mol. The summed E-state index contributed by atoms with van der Waals surface area (Å²) in [6.45, 7) is 3.87. The lowest BCUT2D eigenvalue weighted by Crippen LogP contribution is -2.05. The van der Waals surface area contributed by atoms with Gasteiger partial charge in [-0.15, -0.1) is 0 Å². The van der Waals surface area contributed by atoms with Gasteiger partial charge in [0.25, 0.3) is 0 Å². The molecule has 152 valence electrons. The Morgan fingerprint density at radius 3 is 2.20 bits per heavy atom. The van der Waals surface area contributed by atoms with E-state index >= 15 is 0 Å². The Labute approximate surface area is 174 Å². The van der Waals surface area contributed by atoms with Gasteiger partial charge in [-0.05, 0) is 61.4 Å². The highest BCUT2D eigenvalue weighted by Crippen LogP contribution is 2.35. The van der Waals surface area contributed by atoms with E-state index in [0.29, 0.717) is 5.69 Å². The molecule has 0 radical (unpaired) electrons. The number of sulfone groups is 1. The summed E-state index contributed by atoms with van der Waals surface area (Å²) >= 11 is 0. The molecule has 0 amide bonds. The molecule has 0 saturated carbocycles. The van der Waals surface area contributed by atoms with E-state index in [1.165, 1.54) is 30.3 Å². The van der Waals surface area contributed by atoms with Crippen LogP contribution >= 0.6 is 0 Å². The van der Waals surface area contributed by atoms with Crippen molar-refractivity contribution in [3.63, 3.8) is 0 Å². The topological polar surface area (TPSA) is 72.2 Å². The van der Waals surface area contributed by atoms with Gasteiger partial charge in [-0.1, -0.05) is 36.4 Å². The maximum Gasteiger partial charge on any atom is 0.238 e. The molecule has 0 spiro atoms. The van der Waals surface area contributed by atoms with Crippen molar-refractivity contribution in [2.75, 3.05) is 5.32 Å². The third-order valence-electron chi connectivity index (χ3n) is 4.49. The average Bonchev–Trinajstić information content (AvgIpc) is 3.12. The van der Waals surface area contributed by atoms with Gasteiger partial charge in [-0.25, -0.2) is 12.8 Å². The van der Waals surface area contributed by atoms with Crippen LogP contribution in [0, 0.1) is 19.7 Å². The largest absolute Gasteiger partial charge is 0.419 e. The summed E-state index contributed by atoms with van der Waals surface area (Å²) in [7, 11) is -4.00. The van der Waals surface area contributed by atoms with Gasteiger partial charge in [0.05, 0.1) is 10.5 Å². The molecule has 7 heteroatoms. The number of hydrogen-bond donors (Lipinski definition) is 1. The van der Waals surface area contributed by atoms with Crippen LogP contribution in [-0.2, 0) is 9.84 Å².